The highest BCUT2D eigenvalue weighted by atomic mass is 35.5. The highest BCUT2D eigenvalue weighted by Gasteiger charge is 2.10. The zero-order valence-corrected chi connectivity index (χ0v) is 17.2. The first-order chi connectivity index (χ1) is 13.6. The number of carbonyl (C=O) groups excluding carboxylic acids is 2. The number of thiophene rings is 1. The largest absolute Gasteiger partial charge is 0.492 e. The molecular formula is C19H18ClN3O3S2. The van der Waals surface area contributed by atoms with Gasteiger partial charge in [0.1, 0.15) is 12.4 Å². The van der Waals surface area contributed by atoms with E-state index in [0.717, 1.165) is 4.88 Å². The third-order valence-electron chi connectivity index (χ3n) is 3.54. The topological polar surface area (TPSA) is 80.3 Å². The van der Waals surface area contributed by atoms with Gasteiger partial charge in [-0.25, -0.2) is 4.98 Å². The van der Waals surface area contributed by atoms with Crippen LogP contribution in [0.2, 0.25) is 5.02 Å². The maximum atomic E-state index is 12.0. The number of thiazole rings is 1. The number of benzene rings is 1. The lowest BCUT2D eigenvalue weighted by Gasteiger charge is -2.07. The number of amides is 2. The molecule has 146 valence electrons. The molecule has 0 spiro atoms. The molecule has 2 amide bonds. The fraction of sp³-hybridized carbons (Fsp3) is 0.211. The van der Waals surface area contributed by atoms with Gasteiger partial charge in [-0.05, 0) is 29.6 Å². The van der Waals surface area contributed by atoms with Gasteiger partial charge in [0.15, 0.2) is 5.13 Å². The van der Waals surface area contributed by atoms with E-state index in [9.17, 15) is 9.59 Å². The van der Waals surface area contributed by atoms with Crippen LogP contribution in [0.25, 0.3) is 0 Å². The van der Waals surface area contributed by atoms with E-state index >= 15 is 0 Å². The predicted octanol–water partition coefficient (Wildman–Crippen LogP) is 3.78. The van der Waals surface area contributed by atoms with Crippen molar-refractivity contribution in [2.75, 3.05) is 18.5 Å². The number of carbonyl (C=O) groups is 2. The first-order valence-electron chi connectivity index (χ1n) is 8.50. The van der Waals surface area contributed by atoms with Crippen LogP contribution in [0, 0.1) is 0 Å². The van der Waals surface area contributed by atoms with Gasteiger partial charge in [-0.2, -0.15) is 0 Å². The Kier molecular flexibility index (Phi) is 7.41. The summed E-state index contributed by atoms with van der Waals surface area (Å²) < 4.78 is 5.52. The number of rotatable bonds is 9. The SMILES string of the molecule is O=C(Cc1csc(NC(=O)Cc2cccs2)n1)NCCOc1cccc(Cl)c1. The maximum absolute atomic E-state index is 12.0. The Morgan fingerprint density at radius 1 is 1.11 bits per heavy atom. The molecule has 2 N–H and O–H groups in total. The number of aromatic nitrogens is 1. The van der Waals surface area contributed by atoms with Crippen LogP contribution in [0.5, 0.6) is 5.75 Å². The number of hydrogen-bond donors (Lipinski definition) is 2. The van der Waals surface area contributed by atoms with Crippen molar-refractivity contribution in [2.24, 2.45) is 0 Å². The van der Waals surface area contributed by atoms with E-state index in [4.69, 9.17) is 16.3 Å². The summed E-state index contributed by atoms with van der Waals surface area (Å²) in [7, 11) is 0. The summed E-state index contributed by atoms with van der Waals surface area (Å²) >= 11 is 8.72. The molecule has 0 saturated heterocycles. The molecule has 0 unspecified atom stereocenters. The fourth-order valence-corrected chi connectivity index (χ4v) is 3.93. The molecule has 0 radical (unpaired) electrons. The van der Waals surface area contributed by atoms with Crippen LogP contribution in [0.1, 0.15) is 10.6 Å². The number of ether oxygens (including phenoxy) is 1. The lowest BCUT2D eigenvalue weighted by atomic mass is 10.3. The lowest BCUT2D eigenvalue weighted by molar-refractivity contribution is -0.120. The van der Waals surface area contributed by atoms with Gasteiger partial charge in [-0.15, -0.1) is 22.7 Å². The molecule has 0 bridgehead atoms. The van der Waals surface area contributed by atoms with Crippen LogP contribution in [-0.2, 0) is 22.4 Å². The Hall–Kier alpha value is -2.42. The van der Waals surface area contributed by atoms with E-state index in [1.54, 1.807) is 29.6 Å². The van der Waals surface area contributed by atoms with Gasteiger partial charge in [0.05, 0.1) is 25.1 Å². The van der Waals surface area contributed by atoms with Crippen molar-refractivity contribution in [2.45, 2.75) is 12.8 Å². The highest BCUT2D eigenvalue weighted by Crippen LogP contribution is 2.18. The van der Waals surface area contributed by atoms with Crippen LogP contribution >= 0.6 is 34.3 Å². The Morgan fingerprint density at radius 3 is 2.79 bits per heavy atom. The van der Waals surface area contributed by atoms with E-state index < -0.39 is 0 Å². The summed E-state index contributed by atoms with van der Waals surface area (Å²) in [5, 5.41) is 10.3. The monoisotopic (exact) mass is 435 g/mol. The summed E-state index contributed by atoms with van der Waals surface area (Å²) in [6, 6.07) is 10.9. The highest BCUT2D eigenvalue weighted by molar-refractivity contribution is 7.14. The second kappa shape index (κ2) is 10.2. The molecule has 0 aliphatic rings. The Labute approximate surface area is 175 Å². The second-order valence-corrected chi connectivity index (χ2v) is 8.11. The molecule has 2 aromatic heterocycles. The minimum absolute atomic E-state index is 0.119. The van der Waals surface area contributed by atoms with Gasteiger partial charge in [0.2, 0.25) is 11.8 Å². The quantitative estimate of drug-likeness (QED) is 0.501. The molecule has 9 heteroatoms. The average Bonchev–Trinajstić information content (AvgIpc) is 3.31. The summed E-state index contributed by atoms with van der Waals surface area (Å²) in [6.07, 6.45) is 0.466. The van der Waals surface area contributed by atoms with E-state index in [1.165, 1.54) is 22.7 Å². The average molecular weight is 436 g/mol. The van der Waals surface area contributed by atoms with Crippen LogP contribution in [-0.4, -0.2) is 29.9 Å². The van der Waals surface area contributed by atoms with Crippen molar-refractivity contribution in [1.82, 2.24) is 10.3 Å². The van der Waals surface area contributed by atoms with E-state index in [0.29, 0.717) is 41.2 Å². The van der Waals surface area contributed by atoms with Gasteiger partial charge in [-0.3, -0.25) is 9.59 Å². The molecule has 28 heavy (non-hydrogen) atoms. The van der Waals surface area contributed by atoms with Gasteiger partial charge in [0, 0.05) is 15.3 Å². The molecule has 2 heterocycles. The minimum atomic E-state index is -0.156. The van der Waals surface area contributed by atoms with Crippen LogP contribution in [0.3, 0.4) is 0 Å². The first-order valence-corrected chi connectivity index (χ1v) is 10.6. The van der Waals surface area contributed by atoms with Gasteiger partial charge in [0.25, 0.3) is 0 Å². The molecule has 0 atom stereocenters. The Bertz CT molecular complexity index is 928. The molecule has 3 aromatic rings. The van der Waals surface area contributed by atoms with Crippen molar-refractivity contribution in [3.05, 3.63) is 62.8 Å². The standard InChI is InChI=1S/C19H18ClN3O3S2/c20-13-3-1-4-15(9-13)26-7-6-21-17(24)10-14-12-28-19(22-14)23-18(25)11-16-5-2-8-27-16/h1-5,8-9,12H,6-7,10-11H2,(H,21,24)(H,22,23,25). The molecule has 0 fully saturated rings. The number of nitrogens with zero attached hydrogens (tertiary/aromatic N) is 1. The minimum Gasteiger partial charge on any atom is -0.492 e. The number of halogens is 1. The van der Waals surface area contributed by atoms with Crippen molar-refractivity contribution < 1.29 is 14.3 Å². The van der Waals surface area contributed by atoms with E-state index in [2.05, 4.69) is 15.6 Å². The second-order valence-electron chi connectivity index (χ2n) is 5.78. The Morgan fingerprint density at radius 2 is 2.00 bits per heavy atom. The lowest BCUT2D eigenvalue weighted by Crippen LogP contribution is -2.29. The number of hydrogen-bond acceptors (Lipinski definition) is 6. The van der Waals surface area contributed by atoms with Crippen molar-refractivity contribution >= 4 is 51.2 Å². The molecule has 0 aliphatic carbocycles. The molecule has 0 aliphatic heterocycles. The van der Waals surface area contributed by atoms with Crippen LogP contribution < -0.4 is 15.4 Å². The summed E-state index contributed by atoms with van der Waals surface area (Å²) in [4.78, 5) is 29.3. The van der Waals surface area contributed by atoms with Gasteiger partial charge in [-0.1, -0.05) is 23.7 Å². The first kappa shape index (κ1) is 20.3. The predicted molar refractivity (Wildman–Crippen MR) is 112 cm³/mol. The van der Waals surface area contributed by atoms with Crippen molar-refractivity contribution in [3.8, 4) is 5.75 Å². The van der Waals surface area contributed by atoms with Gasteiger partial charge >= 0.3 is 0 Å². The molecule has 3 rings (SSSR count). The number of nitrogens with one attached hydrogen (secondary N) is 2. The molecular weight excluding hydrogens is 418 g/mol. The normalized spacial score (nSPS) is 10.5. The molecule has 1 aromatic carbocycles. The third-order valence-corrected chi connectivity index (χ3v) is 5.46. The summed E-state index contributed by atoms with van der Waals surface area (Å²) in [5.41, 5.74) is 0.615. The summed E-state index contributed by atoms with van der Waals surface area (Å²) in [6.45, 7) is 0.715. The molecule has 0 saturated carbocycles. The Balaban J connectivity index is 1.37. The van der Waals surface area contributed by atoms with Crippen LogP contribution in [0.15, 0.2) is 47.2 Å². The van der Waals surface area contributed by atoms with Crippen LogP contribution in [0.4, 0.5) is 5.13 Å². The third kappa shape index (κ3) is 6.63. The molecule has 6 nitrogen and oxygen atoms in total. The summed E-state index contributed by atoms with van der Waals surface area (Å²) in [5.74, 6) is 0.381. The van der Waals surface area contributed by atoms with E-state index in [1.807, 2.05) is 17.5 Å². The van der Waals surface area contributed by atoms with E-state index in [-0.39, 0.29) is 18.2 Å². The number of anilines is 1. The zero-order chi connectivity index (χ0) is 19.8. The zero-order valence-electron chi connectivity index (χ0n) is 14.8. The fourth-order valence-electron chi connectivity index (χ4n) is 2.32. The maximum Gasteiger partial charge on any atom is 0.231 e. The van der Waals surface area contributed by atoms with Crippen molar-refractivity contribution in [3.63, 3.8) is 0 Å². The smallest absolute Gasteiger partial charge is 0.231 e. The van der Waals surface area contributed by atoms with Crippen molar-refractivity contribution in [1.29, 1.82) is 0 Å². The van der Waals surface area contributed by atoms with Gasteiger partial charge < -0.3 is 15.4 Å².